The normalized spacial score (nSPS) is 18.7. The van der Waals surface area contributed by atoms with Crippen LogP contribution in [-0.2, 0) is 14.3 Å². The summed E-state index contributed by atoms with van der Waals surface area (Å²) < 4.78 is 22.5. The summed E-state index contributed by atoms with van der Waals surface area (Å²) >= 11 is 6.69. The van der Waals surface area contributed by atoms with Gasteiger partial charge in [-0.1, -0.05) is 36.1 Å². The number of hydrogen-bond donors (Lipinski definition) is 1. The Morgan fingerprint density at radius 3 is 2.83 bits per heavy atom. The molecule has 0 bridgehead atoms. The maximum Gasteiger partial charge on any atom is 0.266 e. The van der Waals surface area contributed by atoms with Crippen molar-refractivity contribution in [1.82, 2.24) is 4.90 Å². The van der Waals surface area contributed by atoms with Crippen LogP contribution in [0.2, 0.25) is 0 Å². The highest BCUT2D eigenvalue weighted by molar-refractivity contribution is 8.26. The van der Waals surface area contributed by atoms with Gasteiger partial charge in [0, 0.05) is 18.4 Å². The number of thioether (sulfide) groups is 1. The maximum absolute atomic E-state index is 12.9. The molecule has 10 heteroatoms. The molecule has 0 aliphatic carbocycles. The molecule has 1 atom stereocenters. The van der Waals surface area contributed by atoms with E-state index in [4.69, 9.17) is 31.2 Å². The van der Waals surface area contributed by atoms with Crippen LogP contribution in [0.3, 0.4) is 0 Å². The minimum Gasteiger partial charge on any atom is -0.497 e. The van der Waals surface area contributed by atoms with Crippen LogP contribution in [0, 0.1) is 0 Å². The Morgan fingerprint density at radius 1 is 1.23 bits per heavy atom. The fourth-order valence-electron chi connectivity index (χ4n) is 3.74. The zero-order valence-electron chi connectivity index (χ0n) is 19.4. The highest BCUT2D eigenvalue weighted by Crippen LogP contribution is 2.35. The van der Waals surface area contributed by atoms with Crippen molar-refractivity contribution in [1.29, 1.82) is 0 Å². The van der Waals surface area contributed by atoms with E-state index in [1.165, 1.54) is 18.9 Å². The Labute approximate surface area is 213 Å². The lowest BCUT2D eigenvalue weighted by Gasteiger charge is -2.18. The summed E-state index contributed by atoms with van der Waals surface area (Å²) in [5, 5.41) is 2.76. The number of thiocarbonyl (C=S) groups is 1. The summed E-state index contributed by atoms with van der Waals surface area (Å²) in [5.41, 5.74) is 1.37. The Hall–Kier alpha value is -3.08. The van der Waals surface area contributed by atoms with Crippen LogP contribution in [0.15, 0.2) is 47.4 Å². The molecule has 2 aromatic carbocycles. The van der Waals surface area contributed by atoms with Gasteiger partial charge in [-0.05, 0) is 48.7 Å². The Morgan fingerprint density at radius 2 is 2.09 bits per heavy atom. The molecular weight excluding hydrogens is 488 g/mol. The Bertz CT molecular complexity index is 1150. The summed E-state index contributed by atoms with van der Waals surface area (Å²) in [5.74, 6) is 1.06. The number of nitrogens with one attached hydrogen (secondary N) is 1. The lowest BCUT2D eigenvalue weighted by Crippen LogP contribution is -2.35. The number of anilines is 1. The number of methoxy groups -OCH3 is 2. The zero-order chi connectivity index (χ0) is 24.8. The van der Waals surface area contributed by atoms with E-state index in [1.54, 1.807) is 60.6 Å². The summed E-state index contributed by atoms with van der Waals surface area (Å²) in [6.45, 7) is 1.01. The van der Waals surface area contributed by atoms with Gasteiger partial charge in [0.1, 0.15) is 10.1 Å². The van der Waals surface area contributed by atoms with E-state index < -0.39 is 0 Å². The van der Waals surface area contributed by atoms with E-state index in [1.807, 2.05) is 0 Å². The second-order valence-electron chi connectivity index (χ2n) is 7.91. The van der Waals surface area contributed by atoms with Crippen molar-refractivity contribution >= 4 is 51.9 Å². The molecule has 0 spiro atoms. The highest BCUT2D eigenvalue weighted by Gasteiger charge is 2.34. The van der Waals surface area contributed by atoms with Gasteiger partial charge in [-0.15, -0.1) is 0 Å². The number of carbonyl (C=O) groups is 2. The molecule has 8 nitrogen and oxygen atoms in total. The van der Waals surface area contributed by atoms with Gasteiger partial charge < -0.3 is 24.3 Å². The minimum atomic E-state index is -0.320. The Balaban J connectivity index is 1.38. The third-order valence-corrected chi connectivity index (χ3v) is 6.86. The predicted molar refractivity (Wildman–Crippen MR) is 139 cm³/mol. The zero-order valence-corrected chi connectivity index (χ0v) is 21.1. The van der Waals surface area contributed by atoms with Crippen molar-refractivity contribution in [3.63, 3.8) is 0 Å². The fourth-order valence-corrected chi connectivity index (χ4v) is 5.01. The second kappa shape index (κ2) is 11.6. The third-order valence-electron chi connectivity index (χ3n) is 5.48. The minimum absolute atomic E-state index is 0.0366. The first-order valence-corrected chi connectivity index (χ1v) is 12.3. The van der Waals surface area contributed by atoms with Gasteiger partial charge in [-0.25, -0.2) is 0 Å². The van der Waals surface area contributed by atoms with Crippen molar-refractivity contribution in [2.45, 2.75) is 18.9 Å². The van der Waals surface area contributed by atoms with E-state index in [2.05, 4.69) is 5.32 Å². The lowest BCUT2D eigenvalue weighted by atomic mass is 10.1. The number of nitrogens with zero attached hydrogens (tertiary/aromatic N) is 1. The molecule has 2 saturated heterocycles. The van der Waals surface area contributed by atoms with Crippen molar-refractivity contribution in [2.24, 2.45) is 0 Å². The number of rotatable bonds is 9. The van der Waals surface area contributed by atoms with Crippen molar-refractivity contribution in [3.05, 3.63) is 52.9 Å². The first-order chi connectivity index (χ1) is 17.0. The average molecular weight is 515 g/mol. The van der Waals surface area contributed by atoms with Crippen LogP contribution in [0.1, 0.15) is 18.4 Å². The summed E-state index contributed by atoms with van der Waals surface area (Å²) in [6.07, 6.45) is 3.75. The predicted octanol–water partition coefficient (Wildman–Crippen LogP) is 4.10. The molecule has 0 aromatic heterocycles. The van der Waals surface area contributed by atoms with Crippen molar-refractivity contribution in [2.75, 3.05) is 39.3 Å². The van der Waals surface area contributed by atoms with Gasteiger partial charge in [-0.2, -0.15) is 0 Å². The van der Waals surface area contributed by atoms with Gasteiger partial charge in [0.15, 0.2) is 18.1 Å². The molecular formula is C25H26N2O6S2. The topological polar surface area (TPSA) is 86.3 Å². The SMILES string of the molecule is COc1cccc(NC(=O)COc2ccc(/C=C3\SC(=S)N(C[C@@H]4CCCO4)C3=O)cc2OC)c1. The van der Waals surface area contributed by atoms with Gasteiger partial charge in [0.2, 0.25) is 0 Å². The molecule has 0 unspecified atom stereocenters. The summed E-state index contributed by atoms with van der Waals surface area (Å²) in [6, 6.07) is 12.3. The van der Waals surface area contributed by atoms with Crippen LogP contribution < -0.4 is 19.5 Å². The molecule has 0 saturated carbocycles. The number of hydrogen-bond acceptors (Lipinski definition) is 8. The first kappa shape index (κ1) is 25.0. The molecule has 2 amide bonds. The molecule has 4 rings (SSSR count). The van der Waals surface area contributed by atoms with Gasteiger partial charge in [0.05, 0.1) is 31.8 Å². The van der Waals surface area contributed by atoms with E-state index in [0.29, 0.717) is 38.7 Å². The molecule has 1 N–H and O–H groups in total. The summed E-state index contributed by atoms with van der Waals surface area (Å²) in [4.78, 5) is 27.3. The van der Waals surface area contributed by atoms with Crippen molar-refractivity contribution in [3.8, 4) is 17.2 Å². The molecule has 0 radical (unpaired) electrons. The number of benzene rings is 2. The first-order valence-electron chi connectivity index (χ1n) is 11.1. The third kappa shape index (κ3) is 6.33. The number of amides is 2. The van der Waals surface area contributed by atoms with Crippen LogP contribution in [0.5, 0.6) is 17.2 Å². The molecule has 2 aliphatic rings. The maximum atomic E-state index is 12.9. The largest absolute Gasteiger partial charge is 0.497 e. The quantitative estimate of drug-likeness (QED) is 0.395. The molecule has 35 heavy (non-hydrogen) atoms. The molecule has 2 aromatic rings. The van der Waals surface area contributed by atoms with E-state index in [9.17, 15) is 9.59 Å². The fraction of sp³-hybridized carbons (Fsp3) is 0.320. The van der Waals surface area contributed by atoms with E-state index in [-0.39, 0.29) is 24.5 Å². The average Bonchev–Trinajstić information content (AvgIpc) is 3.47. The highest BCUT2D eigenvalue weighted by atomic mass is 32.2. The smallest absolute Gasteiger partial charge is 0.266 e. The van der Waals surface area contributed by atoms with Crippen LogP contribution in [-0.4, -0.2) is 61.1 Å². The standard InChI is InChI=1S/C25H26N2O6S2/c1-30-18-6-3-5-17(13-18)26-23(28)15-33-20-9-8-16(11-21(20)31-2)12-22-24(29)27(25(34)35-22)14-19-7-4-10-32-19/h3,5-6,8-9,11-13,19H,4,7,10,14-15H2,1-2H3,(H,26,28)/b22-12-/t19-/m0/s1. The summed E-state index contributed by atoms with van der Waals surface area (Å²) in [7, 11) is 3.08. The van der Waals surface area contributed by atoms with Crippen LogP contribution in [0.4, 0.5) is 5.69 Å². The van der Waals surface area contributed by atoms with Crippen molar-refractivity contribution < 1.29 is 28.5 Å². The van der Waals surface area contributed by atoms with Gasteiger partial charge >= 0.3 is 0 Å². The molecule has 2 fully saturated rings. The number of ether oxygens (including phenoxy) is 4. The number of carbonyl (C=O) groups excluding carboxylic acids is 2. The van der Waals surface area contributed by atoms with E-state index in [0.717, 1.165) is 25.0 Å². The molecule has 2 aliphatic heterocycles. The van der Waals surface area contributed by atoms with Gasteiger partial charge in [-0.3, -0.25) is 14.5 Å². The van der Waals surface area contributed by atoms with Crippen LogP contribution >= 0.6 is 24.0 Å². The Kier molecular flexibility index (Phi) is 8.27. The van der Waals surface area contributed by atoms with E-state index >= 15 is 0 Å². The lowest BCUT2D eigenvalue weighted by molar-refractivity contribution is -0.123. The van der Waals surface area contributed by atoms with Crippen LogP contribution in [0.25, 0.3) is 6.08 Å². The molecule has 184 valence electrons. The monoisotopic (exact) mass is 514 g/mol. The molecule has 2 heterocycles. The second-order valence-corrected chi connectivity index (χ2v) is 9.58. The van der Waals surface area contributed by atoms with Gasteiger partial charge in [0.25, 0.3) is 11.8 Å².